The Balaban J connectivity index is 2.85. The molecule has 10 nitrogen and oxygen atoms in total. The van der Waals surface area contributed by atoms with Gasteiger partial charge in [0.15, 0.2) is 0 Å². The molecule has 0 aromatic carbocycles. The van der Waals surface area contributed by atoms with E-state index in [2.05, 4.69) is 20.3 Å². The fourth-order valence-electron chi connectivity index (χ4n) is 0.942. The fourth-order valence-corrected chi connectivity index (χ4v) is 2.53. The van der Waals surface area contributed by atoms with Crippen LogP contribution in [0.25, 0.3) is 0 Å². The summed E-state index contributed by atoms with van der Waals surface area (Å²) < 4.78 is 21.5. The Kier molecular flexibility index (Phi) is 4.59. The number of aromatic nitrogens is 3. The Morgan fingerprint density at radius 1 is 1.18 bits per heavy atom. The molecule has 0 fully saturated rings. The predicted molar refractivity (Wildman–Crippen MR) is 60.6 cm³/mol. The molecule has 1 heterocycles. The molecule has 0 saturated carbocycles. The summed E-state index contributed by atoms with van der Waals surface area (Å²) in [5.41, 5.74) is 10.6. The van der Waals surface area contributed by atoms with E-state index >= 15 is 0 Å². The van der Waals surface area contributed by atoms with Gasteiger partial charge in [-0.05, 0) is 9.13 Å². The number of nitrogens with one attached hydrogen (secondary N) is 1. The van der Waals surface area contributed by atoms with Gasteiger partial charge in [-0.25, -0.2) is 0 Å². The highest BCUT2D eigenvalue weighted by molar-refractivity contribution is 7.43. The van der Waals surface area contributed by atoms with E-state index in [9.17, 15) is 9.13 Å². The average molecular weight is 280 g/mol. The Morgan fingerprint density at radius 3 is 2.12 bits per heavy atom. The van der Waals surface area contributed by atoms with Crippen LogP contribution in [-0.2, 0) is 9.13 Å². The zero-order chi connectivity index (χ0) is 13.0. The first kappa shape index (κ1) is 13.6. The Labute approximate surface area is 97.2 Å². The highest BCUT2D eigenvalue weighted by Gasteiger charge is 2.38. The van der Waals surface area contributed by atoms with Crippen molar-refractivity contribution in [1.29, 1.82) is 0 Å². The molecule has 12 heteroatoms. The maximum atomic E-state index is 10.9. The highest BCUT2D eigenvalue weighted by atomic mass is 31.1. The lowest BCUT2D eigenvalue weighted by molar-refractivity contribution is 0.485. The van der Waals surface area contributed by atoms with Crippen LogP contribution in [0.3, 0.4) is 0 Å². The lowest BCUT2D eigenvalue weighted by Crippen LogP contribution is -2.21. The molecule has 0 aliphatic carbocycles. The molecule has 7 N–H and O–H groups in total. The molecule has 0 bridgehead atoms. The van der Waals surface area contributed by atoms with Crippen LogP contribution in [0.2, 0.25) is 0 Å². The van der Waals surface area contributed by atoms with Crippen LogP contribution >= 0.6 is 16.1 Å². The third-order valence-electron chi connectivity index (χ3n) is 1.56. The van der Waals surface area contributed by atoms with Crippen molar-refractivity contribution in [1.82, 2.24) is 15.0 Å². The predicted octanol–water partition coefficient (Wildman–Crippen LogP) is -0.757. The Morgan fingerprint density at radius 2 is 1.71 bits per heavy atom. The van der Waals surface area contributed by atoms with Crippen molar-refractivity contribution in [3.63, 3.8) is 0 Å². The normalized spacial score (nSPS) is 14.0. The van der Waals surface area contributed by atoms with E-state index in [0.717, 1.165) is 0 Å². The van der Waals surface area contributed by atoms with Crippen molar-refractivity contribution >= 4 is 33.9 Å². The minimum Gasteiger partial charge on any atom is -0.368 e. The van der Waals surface area contributed by atoms with Gasteiger partial charge in [0.2, 0.25) is 24.0 Å². The zero-order valence-corrected chi connectivity index (χ0v) is 10.2. The van der Waals surface area contributed by atoms with Crippen molar-refractivity contribution in [3.8, 4) is 0 Å². The van der Waals surface area contributed by atoms with Gasteiger partial charge in [-0.2, -0.15) is 24.7 Å². The quantitative estimate of drug-likeness (QED) is 0.430. The number of hydrogen-bond donors (Lipinski definition) is 5. The van der Waals surface area contributed by atoms with E-state index in [1.165, 1.54) is 0 Å². The second-order valence-corrected chi connectivity index (χ2v) is 5.17. The second kappa shape index (κ2) is 5.74. The van der Waals surface area contributed by atoms with Gasteiger partial charge in [0.25, 0.3) is 0 Å². The van der Waals surface area contributed by atoms with E-state index in [0.29, 0.717) is 0 Å². The molecule has 0 radical (unpaired) electrons. The molecule has 0 spiro atoms. The van der Waals surface area contributed by atoms with Gasteiger partial charge in [0, 0.05) is 0 Å². The number of nitrogens with two attached hydrogens (primary N) is 2. The average Bonchev–Trinajstić information content (AvgIpc) is 2.13. The number of nitrogen functional groups attached to an aromatic ring is 2. The summed E-state index contributed by atoms with van der Waals surface area (Å²) in [7, 11) is -5.30. The smallest absolute Gasteiger partial charge is 0.368 e. The summed E-state index contributed by atoms with van der Waals surface area (Å²) in [5, 5.41) is 2.39. The molecular formula is C5H10N6O4P2+2. The standard InChI is InChI=1S/C5H8N6O4P2/c6-3-9-4(7)11-5(10-3)8-2(17(14)15)1-16(12)13/h2H,1H2,(H5-2,6,7,8,9,10,11,12,13,14,15)/p+2. The Hall–Kier alpha value is -1.47. The fraction of sp³-hybridized carbons (Fsp3) is 0.400. The van der Waals surface area contributed by atoms with Crippen LogP contribution in [0.15, 0.2) is 0 Å². The van der Waals surface area contributed by atoms with Crippen molar-refractivity contribution in [2.45, 2.75) is 5.78 Å². The second-order valence-electron chi connectivity index (χ2n) is 2.87. The minimum atomic E-state index is -2.73. The molecule has 0 aliphatic heterocycles. The summed E-state index contributed by atoms with van der Waals surface area (Å²) >= 11 is 0. The molecule has 92 valence electrons. The van der Waals surface area contributed by atoms with Gasteiger partial charge in [-0.3, -0.25) is 0 Å². The van der Waals surface area contributed by atoms with Gasteiger partial charge >= 0.3 is 21.8 Å². The molecular weight excluding hydrogens is 270 g/mol. The summed E-state index contributed by atoms with van der Waals surface area (Å²) in [6.45, 7) is 0. The van der Waals surface area contributed by atoms with Crippen LogP contribution in [0, 0.1) is 0 Å². The van der Waals surface area contributed by atoms with E-state index < -0.39 is 28.0 Å². The highest BCUT2D eigenvalue weighted by Crippen LogP contribution is 2.30. The lowest BCUT2D eigenvalue weighted by atomic mass is 10.7. The molecule has 3 atom stereocenters. The number of rotatable bonds is 5. The molecule has 1 rings (SSSR count). The van der Waals surface area contributed by atoms with Crippen LogP contribution in [0.1, 0.15) is 0 Å². The summed E-state index contributed by atoms with van der Waals surface area (Å²) in [6.07, 6.45) is -0.424. The molecule has 0 aliphatic rings. The van der Waals surface area contributed by atoms with Crippen molar-refractivity contribution < 1.29 is 18.9 Å². The molecule has 0 amide bonds. The third kappa shape index (κ3) is 4.49. The number of nitrogens with zero attached hydrogens (tertiary/aromatic N) is 3. The first-order valence-corrected chi connectivity index (χ1v) is 6.88. The maximum absolute atomic E-state index is 10.9. The Bertz CT molecular complexity index is 436. The molecule has 17 heavy (non-hydrogen) atoms. The van der Waals surface area contributed by atoms with Crippen molar-refractivity contribution in [3.05, 3.63) is 0 Å². The third-order valence-corrected chi connectivity index (χ3v) is 3.37. The topological polar surface area (TPSA) is 177 Å². The van der Waals surface area contributed by atoms with Gasteiger partial charge in [0.1, 0.15) is 0 Å². The van der Waals surface area contributed by atoms with E-state index in [-0.39, 0.29) is 17.8 Å². The van der Waals surface area contributed by atoms with Crippen LogP contribution in [0.5, 0.6) is 0 Å². The molecule has 3 unspecified atom stereocenters. The zero-order valence-electron chi connectivity index (χ0n) is 8.39. The first-order chi connectivity index (χ1) is 7.88. The van der Waals surface area contributed by atoms with E-state index in [4.69, 9.17) is 21.3 Å². The summed E-state index contributed by atoms with van der Waals surface area (Å²) in [4.78, 5) is 28.3. The van der Waals surface area contributed by atoms with E-state index in [1.54, 1.807) is 0 Å². The monoisotopic (exact) mass is 280 g/mol. The SMILES string of the molecule is Nc1nc(N)nc(NC(C[P+](=O)O)[P+](=O)O)n1. The van der Waals surface area contributed by atoms with Gasteiger partial charge < -0.3 is 16.8 Å². The molecule has 1 aromatic heterocycles. The first-order valence-electron chi connectivity index (χ1n) is 4.21. The molecule has 1 aromatic rings. The van der Waals surface area contributed by atoms with Crippen LogP contribution in [0.4, 0.5) is 17.8 Å². The number of hydrogen-bond acceptors (Lipinski definition) is 8. The maximum Gasteiger partial charge on any atom is 0.535 e. The van der Waals surface area contributed by atoms with Crippen LogP contribution < -0.4 is 16.8 Å². The van der Waals surface area contributed by atoms with Crippen LogP contribution in [-0.4, -0.2) is 36.7 Å². The largest absolute Gasteiger partial charge is 0.535 e. The number of anilines is 3. The van der Waals surface area contributed by atoms with Crippen molar-refractivity contribution in [2.24, 2.45) is 0 Å². The van der Waals surface area contributed by atoms with Gasteiger partial charge in [0.05, 0.1) is 0 Å². The summed E-state index contributed by atoms with van der Waals surface area (Å²) in [6, 6.07) is 0. The summed E-state index contributed by atoms with van der Waals surface area (Å²) in [5.74, 6) is -1.63. The minimum absolute atomic E-state index is 0.130. The van der Waals surface area contributed by atoms with Gasteiger partial charge in [-0.1, -0.05) is 0 Å². The van der Waals surface area contributed by atoms with Gasteiger partial charge in [-0.15, -0.1) is 0 Å². The molecule has 0 saturated heterocycles. The lowest BCUT2D eigenvalue weighted by Gasteiger charge is -2.03. The van der Waals surface area contributed by atoms with E-state index in [1.807, 2.05) is 0 Å². The van der Waals surface area contributed by atoms with Crippen molar-refractivity contribution in [2.75, 3.05) is 22.9 Å².